The van der Waals surface area contributed by atoms with Crippen molar-refractivity contribution in [2.45, 2.75) is 142 Å². The van der Waals surface area contributed by atoms with Gasteiger partial charge in [0.1, 0.15) is 0 Å². The first-order valence-electron chi connectivity index (χ1n) is 12.0. The van der Waals surface area contributed by atoms with Gasteiger partial charge in [0.2, 0.25) is 0 Å². The van der Waals surface area contributed by atoms with Gasteiger partial charge in [0.25, 0.3) is 0 Å². The van der Waals surface area contributed by atoms with Gasteiger partial charge in [0.15, 0.2) is 0 Å². The van der Waals surface area contributed by atoms with E-state index in [2.05, 4.69) is 39.1 Å². The Kier molecular flexibility index (Phi) is 33.8. The largest absolute Gasteiger partial charge is 0.179 e. The molecule has 2 heteroatoms. The molecule has 0 spiro atoms. The van der Waals surface area contributed by atoms with Crippen molar-refractivity contribution >= 4 is 25.3 Å². The summed E-state index contributed by atoms with van der Waals surface area (Å²) < 4.78 is 0. The van der Waals surface area contributed by atoms with Gasteiger partial charge in [-0.25, -0.2) is 0 Å². The molecule has 0 N–H and O–H groups in total. The third kappa shape index (κ3) is 32.4. The predicted molar refractivity (Wildman–Crippen MR) is 131 cm³/mol. The van der Waals surface area contributed by atoms with E-state index in [1.807, 2.05) is 0 Å². The molecule has 26 heavy (non-hydrogen) atoms. The monoisotopic (exact) mass is 404 g/mol. The Morgan fingerprint density at radius 2 is 0.500 bits per heavy atom. The Bertz CT molecular complexity index is 164. The maximum Gasteiger partial charge on any atom is -0.00979 e. The highest BCUT2D eigenvalue weighted by molar-refractivity contribution is 7.80. The minimum atomic E-state index is 1.07. The lowest BCUT2D eigenvalue weighted by Gasteiger charge is -2.00. The number of thiol groups is 2. The Balaban J connectivity index is 0. The van der Waals surface area contributed by atoms with Crippen LogP contribution in [0.3, 0.4) is 0 Å². The van der Waals surface area contributed by atoms with Crippen LogP contribution in [-0.2, 0) is 0 Å². The number of hydrogen-bond acceptors (Lipinski definition) is 2. The molecule has 0 aliphatic heterocycles. The molecular formula is C24H52S2. The molecule has 160 valence electrons. The minimum absolute atomic E-state index is 1.07. The summed E-state index contributed by atoms with van der Waals surface area (Å²) in [6.45, 7) is 4.55. The lowest BCUT2D eigenvalue weighted by atomic mass is 10.1. The molecule has 0 rings (SSSR count). The second kappa shape index (κ2) is 30.4. The summed E-state index contributed by atoms with van der Waals surface area (Å²) in [4.78, 5) is 0. The lowest BCUT2D eigenvalue weighted by molar-refractivity contribution is 0.563. The molecule has 0 atom stereocenters. The third-order valence-corrected chi connectivity index (χ3v) is 5.66. The van der Waals surface area contributed by atoms with Crippen LogP contribution in [0.15, 0.2) is 0 Å². The Morgan fingerprint density at radius 3 is 0.692 bits per heavy atom. The first kappa shape index (κ1) is 28.9. The number of hydrogen-bond donors (Lipinski definition) is 2. The predicted octanol–water partition coefficient (Wildman–Crippen LogP) is 9.67. The van der Waals surface area contributed by atoms with E-state index >= 15 is 0 Å². The van der Waals surface area contributed by atoms with E-state index in [9.17, 15) is 0 Å². The van der Waals surface area contributed by atoms with E-state index in [0.717, 1.165) is 11.5 Å². The van der Waals surface area contributed by atoms with Crippen LogP contribution in [0.25, 0.3) is 0 Å². The third-order valence-electron chi connectivity index (χ3n) is 5.02. The SMILES string of the molecule is CCCCCCCCCCCCS.CCCCCCCCCCCCS. The van der Waals surface area contributed by atoms with Crippen LogP contribution in [0.4, 0.5) is 0 Å². The van der Waals surface area contributed by atoms with Gasteiger partial charge in [-0.05, 0) is 24.3 Å². The van der Waals surface area contributed by atoms with Gasteiger partial charge in [0, 0.05) is 0 Å². The highest BCUT2D eigenvalue weighted by Gasteiger charge is 1.92. The number of rotatable bonds is 20. The first-order valence-corrected chi connectivity index (χ1v) is 13.3. The topological polar surface area (TPSA) is 0 Å². The minimum Gasteiger partial charge on any atom is -0.179 e. The van der Waals surface area contributed by atoms with E-state index < -0.39 is 0 Å². The van der Waals surface area contributed by atoms with Crippen LogP contribution in [0.1, 0.15) is 142 Å². The summed E-state index contributed by atoms with van der Waals surface area (Å²) in [6.07, 6.45) is 28.4. The Hall–Kier alpha value is 0.700. The van der Waals surface area contributed by atoms with E-state index in [4.69, 9.17) is 0 Å². The molecule has 0 saturated heterocycles. The quantitative estimate of drug-likeness (QED) is 0.146. The van der Waals surface area contributed by atoms with Crippen molar-refractivity contribution in [2.24, 2.45) is 0 Å². The van der Waals surface area contributed by atoms with Crippen molar-refractivity contribution in [2.75, 3.05) is 11.5 Å². The molecule has 0 heterocycles. The first-order chi connectivity index (χ1) is 12.8. The zero-order valence-corrected chi connectivity index (χ0v) is 20.2. The van der Waals surface area contributed by atoms with E-state index in [0.29, 0.717) is 0 Å². The van der Waals surface area contributed by atoms with Gasteiger partial charge in [-0.2, -0.15) is 25.3 Å². The van der Waals surface area contributed by atoms with E-state index in [-0.39, 0.29) is 0 Å². The Morgan fingerprint density at radius 1 is 0.308 bits per heavy atom. The smallest absolute Gasteiger partial charge is 0.00979 e. The maximum absolute atomic E-state index is 4.20. The second-order valence-electron chi connectivity index (χ2n) is 7.81. The zero-order valence-electron chi connectivity index (χ0n) is 18.5. The molecule has 0 aromatic rings. The standard InChI is InChI=1S/2C12H26S/c2*1-2-3-4-5-6-7-8-9-10-11-12-13/h2*13H,2-12H2,1H3. The zero-order chi connectivity index (χ0) is 19.6. The maximum atomic E-state index is 4.20. The molecule has 0 radical (unpaired) electrons. The second-order valence-corrected chi connectivity index (χ2v) is 8.71. The summed E-state index contributed by atoms with van der Waals surface area (Å²) in [5.41, 5.74) is 0. The van der Waals surface area contributed by atoms with Gasteiger partial charge in [-0.1, -0.05) is 129 Å². The molecule has 0 aliphatic rings. The Labute approximate surface area is 178 Å². The van der Waals surface area contributed by atoms with Gasteiger partial charge in [-0.15, -0.1) is 0 Å². The average Bonchev–Trinajstić information content (AvgIpc) is 2.66. The fourth-order valence-electron chi connectivity index (χ4n) is 3.20. The van der Waals surface area contributed by atoms with Crippen LogP contribution >= 0.6 is 25.3 Å². The van der Waals surface area contributed by atoms with Gasteiger partial charge < -0.3 is 0 Å². The normalized spacial score (nSPS) is 10.6. The van der Waals surface area contributed by atoms with Crippen molar-refractivity contribution in [3.8, 4) is 0 Å². The number of unbranched alkanes of at least 4 members (excludes halogenated alkanes) is 18. The van der Waals surface area contributed by atoms with Gasteiger partial charge >= 0.3 is 0 Å². The molecule has 0 aliphatic carbocycles. The summed E-state index contributed by atoms with van der Waals surface area (Å²) in [6, 6.07) is 0. The molecule has 0 fully saturated rings. The summed E-state index contributed by atoms with van der Waals surface area (Å²) in [5, 5.41) is 0. The van der Waals surface area contributed by atoms with Crippen LogP contribution in [0.5, 0.6) is 0 Å². The van der Waals surface area contributed by atoms with Crippen molar-refractivity contribution in [3.05, 3.63) is 0 Å². The van der Waals surface area contributed by atoms with Crippen molar-refractivity contribution < 1.29 is 0 Å². The fourth-order valence-corrected chi connectivity index (χ4v) is 3.65. The van der Waals surface area contributed by atoms with Gasteiger partial charge in [0.05, 0.1) is 0 Å². The van der Waals surface area contributed by atoms with Crippen LogP contribution in [0.2, 0.25) is 0 Å². The highest BCUT2D eigenvalue weighted by atomic mass is 32.1. The highest BCUT2D eigenvalue weighted by Crippen LogP contribution is 2.11. The van der Waals surface area contributed by atoms with Crippen molar-refractivity contribution in [1.82, 2.24) is 0 Å². The van der Waals surface area contributed by atoms with E-state index in [1.165, 1.54) is 128 Å². The van der Waals surface area contributed by atoms with Crippen LogP contribution in [0, 0.1) is 0 Å². The lowest BCUT2D eigenvalue weighted by Crippen LogP contribution is -1.81. The molecular weight excluding hydrogens is 352 g/mol. The molecule has 0 amide bonds. The molecule has 0 nitrogen and oxygen atoms in total. The molecule has 0 saturated carbocycles. The average molecular weight is 405 g/mol. The van der Waals surface area contributed by atoms with E-state index in [1.54, 1.807) is 0 Å². The van der Waals surface area contributed by atoms with Crippen LogP contribution in [-0.4, -0.2) is 11.5 Å². The molecule has 0 aromatic heterocycles. The molecule has 0 bridgehead atoms. The summed E-state index contributed by atoms with van der Waals surface area (Å²) in [5.74, 6) is 2.13. The molecule has 0 aromatic carbocycles. The summed E-state index contributed by atoms with van der Waals surface area (Å²) in [7, 11) is 0. The van der Waals surface area contributed by atoms with Crippen molar-refractivity contribution in [1.29, 1.82) is 0 Å². The molecule has 0 unspecified atom stereocenters. The van der Waals surface area contributed by atoms with Crippen LogP contribution < -0.4 is 0 Å². The van der Waals surface area contributed by atoms with Gasteiger partial charge in [-0.3, -0.25) is 0 Å². The summed E-state index contributed by atoms with van der Waals surface area (Å²) >= 11 is 8.40. The van der Waals surface area contributed by atoms with Crippen molar-refractivity contribution in [3.63, 3.8) is 0 Å². The fraction of sp³-hybridized carbons (Fsp3) is 1.00.